The molecule has 0 aliphatic rings. The summed E-state index contributed by atoms with van der Waals surface area (Å²) in [5.74, 6) is -2.10. The van der Waals surface area contributed by atoms with Crippen LogP contribution in [0.5, 0.6) is 0 Å². The number of ether oxygens (including phenoxy) is 1. The molecule has 0 fully saturated rings. The van der Waals surface area contributed by atoms with E-state index in [1.54, 1.807) is 46.8 Å². The number of hydrogen-bond donors (Lipinski definition) is 1. The molecular formula is C31H36BrF2N3O4. The number of rotatable bonds is 10. The summed E-state index contributed by atoms with van der Waals surface area (Å²) >= 11 is 3.30. The third-order valence-electron chi connectivity index (χ3n) is 6.83. The standard InChI is InChI=1S/C31H36BrF2N3O4/c1-8-41-27(38)14-24(36-30(39)25(9-16(2)3)37-15-26(32)35-20(7)31(37)40)23-13-21(10-19(6)29(23)34)28-17(4)11-22(33)12-18(28)5/h10-13,15-16,24-25H,8-9,14H2,1-7H3,(H,36,39)/t24-,25-/m0/s1. The maximum Gasteiger partial charge on any atom is 0.308 e. The van der Waals surface area contributed by atoms with Gasteiger partial charge in [-0.3, -0.25) is 19.0 Å². The Bertz CT molecular complexity index is 1500. The monoisotopic (exact) mass is 631 g/mol. The first-order valence-electron chi connectivity index (χ1n) is 13.5. The van der Waals surface area contributed by atoms with Gasteiger partial charge in [-0.05, 0) is 115 Å². The fourth-order valence-corrected chi connectivity index (χ4v) is 5.56. The Morgan fingerprint density at radius 1 is 1.05 bits per heavy atom. The molecule has 2 aromatic carbocycles. The molecule has 1 N–H and O–H groups in total. The normalized spacial score (nSPS) is 12.8. The Hall–Kier alpha value is -3.40. The van der Waals surface area contributed by atoms with Crippen LogP contribution in [0.25, 0.3) is 11.1 Å². The molecule has 0 radical (unpaired) electrons. The summed E-state index contributed by atoms with van der Waals surface area (Å²) in [7, 11) is 0. The maximum absolute atomic E-state index is 15.8. The van der Waals surface area contributed by atoms with Crippen LogP contribution < -0.4 is 10.9 Å². The average Bonchev–Trinajstić information content (AvgIpc) is 2.85. The number of nitrogens with one attached hydrogen (secondary N) is 1. The van der Waals surface area contributed by atoms with E-state index in [0.717, 1.165) is 5.56 Å². The van der Waals surface area contributed by atoms with Crippen molar-refractivity contribution in [3.8, 4) is 11.1 Å². The van der Waals surface area contributed by atoms with Crippen molar-refractivity contribution in [3.63, 3.8) is 0 Å². The topological polar surface area (TPSA) is 90.3 Å². The molecule has 1 heterocycles. The number of aryl methyl sites for hydroxylation is 4. The van der Waals surface area contributed by atoms with E-state index in [1.807, 2.05) is 13.8 Å². The summed E-state index contributed by atoms with van der Waals surface area (Å²) in [5, 5.41) is 2.84. The van der Waals surface area contributed by atoms with Gasteiger partial charge in [-0.15, -0.1) is 0 Å². The number of benzene rings is 2. The second kappa shape index (κ2) is 13.5. The van der Waals surface area contributed by atoms with Crippen molar-refractivity contribution in [2.45, 2.75) is 73.4 Å². The van der Waals surface area contributed by atoms with Crippen molar-refractivity contribution < 1.29 is 23.1 Å². The molecule has 0 aliphatic carbocycles. The smallest absolute Gasteiger partial charge is 0.308 e. The van der Waals surface area contributed by atoms with Crippen LogP contribution in [0.2, 0.25) is 0 Å². The Kier molecular flexibility index (Phi) is 10.6. The first-order valence-corrected chi connectivity index (χ1v) is 14.3. The molecule has 0 aliphatic heterocycles. The van der Waals surface area contributed by atoms with Gasteiger partial charge in [0.15, 0.2) is 0 Å². The van der Waals surface area contributed by atoms with Crippen LogP contribution in [0.3, 0.4) is 0 Å². The van der Waals surface area contributed by atoms with Gasteiger partial charge in [0.2, 0.25) is 5.91 Å². The van der Waals surface area contributed by atoms with E-state index in [1.165, 1.54) is 22.9 Å². The number of aromatic nitrogens is 2. The molecule has 1 amide bonds. The zero-order valence-corrected chi connectivity index (χ0v) is 26.0. The Morgan fingerprint density at radius 2 is 1.68 bits per heavy atom. The van der Waals surface area contributed by atoms with E-state index in [-0.39, 0.29) is 36.0 Å². The van der Waals surface area contributed by atoms with Gasteiger partial charge in [-0.25, -0.2) is 13.8 Å². The minimum Gasteiger partial charge on any atom is -0.466 e. The predicted octanol–water partition coefficient (Wildman–Crippen LogP) is 6.58. The van der Waals surface area contributed by atoms with Crippen LogP contribution in [0.4, 0.5) is 8.78 Å². The van der Waals surface area contributed by atoms with Crippen LogP contribution >= 0.6 is 15.9 Å². The molecule has 220 valence electrons. The fraction of sp³-hybridized carbons (Fsp3) is 0.419. The van der Waals surface area contributed by atoms with Crippen molar-refractivity contribution in [1.29, 1.82) is 0 Å². The van der Waals surface area contributed by atoms with E-state index in [9.17, 15) is 18.8 Å². The molecule has 3 rings (SSSR count). The minimum atomic E-state index is -1.10. The molecule has 10 heteroatoms. The molecule has 1 aromatic heterocycles. The molecule has 2 atom stereocenters. The van der Waals surface area contributed by atoms with Crippen molar-refractivity contribution in [2.75, 3.05) is 6.61 Å². The minimum absolute atomic E-state index is 0.0279. The third-order valence-corrected chi connectivity index (χ3v) is 7.22. The molecule has 3 aromatic rings. The molecule has 0 bridgehead atoms. The van der Waals surface area contributed by atoms with Crippen LogP contribution in [0.1, 0.15) is 73.6 Å². The predicted molar refractivity (Wildman–Crippen MR) is 158 cm³/mol. The van der Waals surface area contributed by atoms with E-state index < -0.39 is 35.3 Å². The highest BCUT2D eigenvalue weighted by Gasteiger charge is 2.30. The number of nitrogens with zero attached hydrogens (tertiary/aromatic N) is 2. The zero-order chi connectivity index (χ0) is 30.6. The quantitative estimate of drug-likeness (QED) is 0.255. The van der Waals surface area contributed by atoms with Gasteiger partial charge < -0.3 is 10.1 Å². The second-order valence-corrected chi connectivity index (χ2v) is 11.5. The molecular weight excluding hydrogens is 596 g/mol. The number of hydrogen-bond acceptors (Lipinski definition) is 5. The lowest BCUT2D eigenvalue weighted by atomic mass is 9.90. The highest BCUT2D eigenvalue weighted by atomic mass is 79.9. The molecule has 7 nitrogen and oxygen atoms in total. The Labute approximate surface area is 247 Å². The Balaban J connectivity index is 2.15. The van der Waals surface area contributed by atoms with Crippen molar-refractivity contribution >= 4 is 27.8 Å². The van der Waals surface area contributed by atoms with Gasteiger partial charge in [0.05, 0.1) is 19.1 Å². The maximum atomic E-state index is 15.8. The molecule has 41 heavy (non-hydrogen) atoms. The molecule has 0 saturated carbocycles. The van der Waals surface area contributed by atoms with Crippen molar-refractivity contribution in [3.05, 3.63) is 85.0 Å². The molecule has 0 saturated heterocycles. The van der Waals surface area contributed by atoms with Crippen LogP contribution in [0.15, 0.2) is 39.9 Å². The van der Waals surface area contributed by atoms with Crippen molar-refractivity contribution in [2.24, 2.45) is 5.92 Å². The lowest BCUT2D eigenvalue weighted by Gasteiger charge is -2.26. The van der Waals surface area contributed by atoms with Gasteiger partial charge in [-0.2, -0.15) is 0 Å². The van der Waals surface area contributed by atoms with Crippen LogP contribution in [-0.2, 0) is 14.3 Å². The fourth-order valence-electron chi connectivity index (χ4n) is 5.08. The zero-order valence-electron chi connectivity index (χ0n) is 24.4. The first-order chi connectivity index (χ1) is 19.2. The van der Waals surface area contributed by atoms with E-state index in [4.69, 9.17) is 4.74 Å². The summed E-state index contributed by atoms with van der Waals surface area (Å²) in [4.78, 5) is 43.6. The summed E-state index contributed by atoms with van der Waals surface area (Å²) in [6, 6.07) is 4.00. The van der Waals surface area contributed by atoms with Gasteiger partial charge in [0, 0.05) is 11.8 Å². The summed E-state index contributed by atoms with van der Waals surface area (Å²) < 4.78 is 36.6. The van der Waals surface area contributed by atoms with Gasteiger partial charge >= 0.3 is 5.97 Å². The van der Waals surface area contributed by atoms with Crippen LogP contribution in [-0.4, -0.2) is 28.0 Å². The number of halogens is 3. The molecule has 0 spiro atoms. The van der Waals surface area contributed by atoms with Crippen molar-refractivity contribution in [1.82, 2.24) is 14.9 Å². The number of esters is 1. The average molecular weight is 633 g/mol. The summed E-state index contributed by atoms with van der Waals surface area (Å²) in [6.07, 6.45) is 1.43. The summed E-state index contributed by atoms with van der Waals surface area (Å²) in [5.41, 5.74) is 2.87. The Morgan fingerprint density at radius 3 is 2.27 bits per heavy atom. The summed E-state index contributed by atoms with van der Waals surface area (Å²) in [6.45, 7) is 12.3. The largest absolute Gasteiger partial charge is 0.466 e. The lowest BCUT2D eigenvalue weighted by Crippen LogP contribution is -2.41. The first kappa shape index (κ1) is 32.1. The number of carbonyl (C=O) groups excluding carboxylic acids is 2. The van der Waals surface area contributed by atoms with Gasteiger partial charge in [0.1, 0.15) is 28.0 Å². The van der Waals surface area contributed by atoms with E-state index >= 15 is 4.39 Å². The van der Waals surface area contributed by atoms with E-state index in [0.29, 0.717) is 33.3 Å². The van der Waals surface area contributed by atoms with Gasteiger partial charge in [0.25, 0.3) is 5.56 Å². The van der Waals surface area contributed by atoms with Gasteiger partial charge in [-0.1, -0.05) is 13.8 Å². The van der Waals surface area contributed by atoms with Crippen LogP contribution in [0, 0.1) is 45.2 Å². The number of carbonyl (C=O) groups is 2. The lowest BCUT2D eigenvalue weighted by molar-refractivity contribution is -0.144. The second-order valence-electron chi connectivity index (χ2n) is 10.7. The van der Waals surface area contributed by atoms with E-state index in [2.05, 4.69) is 26.2 Å². The highest BCUT2D eigenvalue weighted by Crippen LogP contribution is 2.34. The number of amides is 1. The highest BCUT2D eigenvalue weighted by molar-refractivity contribution is 9.10. The third kappa shape index (κ3) is 7.67. The molecule has 0 unspecified atom stereocenters. The SMILES string of the molecule is CCOC(=O)C[C@H](NC(=O)[C@H](CC(C)C)n1cc(Br)nc(C)c1=O)c1cc(-c2c(C)cc(F)cc2C)cc(C)c1F.